The summed E-state index contributed by atoms with van der Waals surface area (Å²) in [7, 11) is 0. The SMILES string of the molecule is N#Cc1c(-c2cccc(Cl)c2Cl)cc(-c2cccc([N+](=O)[O-])c2)nc1N. The minimum Gasteiger partial charge on any atom is -0.383 e. The van der Waals surface area contributed by atoms with E-state index >= 15 is 0 Å². The van der Waals surface area contributed by atoms with Gasteiger partial charge in [0.15, 0.2) is 0 Å². The van der Waals surface area contributed by atoms with Crippen molar-refractivity contribution < 1.29 is 4.92 Å². The number of nitrogens with two attached hydrogens (primary N) is 1. The third kappa shape index (κ3) is 3.18. The van der Waals surface area contributed by atoms with Gasteiger partial charge in [0.05, 0.1) is 20.7 Å². The Balaban J connectivity index is 2.27. The van der Waals surface area contributed by atoms with Gasteiger partial charge in [-0.05, 0) is 12.1 Å². The van der Waals surface area contributed by atoms with Gasteiger partial charge in [-0.25, -0.2) is 4.98 Å². The second kappa shape index (κ2) is 7.00. The number of benzene rings is 2. The van der Waals surface area contributed by atoms with Crippen LogP contribution in [0.2, 0.25) is 10.0 Å². The van der Waals surface area contributed by atoms with Crippen molar-refractivity contribution in [3.8, 4) is 28.5 Å². The molecule has 1 aromatic heterocycles. The van der Waals surface area contributed by atoms with E-state index in [4.69, 9.17) is 28.9 Å². The Morgan fingerprint density at radius 1 is 1.12 bits per heavy atom. The maximum Gasteiger partial charge on any atom is 0.270 e. The Hall–Kier alpha value is -3.14. The minimum atomic E-state index is -0.495. The number of nitrogens with zero attached hydrogens (tertiary/aromatic N) is 3. The molecule has 0 saturated carbocycles. The molecule has 0 saturated heterocycles. The maximum absolute atomic E-state index is 11.0. The van der Waals surface area contributed by atoms with Crippen molar-refractivity contribution in [1.82, 2.24) is 4.98 Å². The van der Waals surface area contributed by atoms with Gasteiger partial charge in [0.2, 0.25) is 0 Å². The van der Waals surface area contributed by atoms with Gasteiger partial charge in [-0.3, -0.25) is 10.1 Å². The van der Waals surface area contributed by atoms with Gasteiger partial charge in [0, 0.05) is 28.8 Å². The van der Waals surface area contributed by atoms with Crippen LogP contribution in [0.25, 0.3) is 22.4 Å². The van der Waals surface area contributed by atoms with Crippen LogP contribution in [0.15, 0.2) is 48.5 Å². The highest BCUT2D eigenvalue weighted by Gasteiger charge is 2.17. The zero-order valence-electron chi connectivity index (χ0n) is 13.1. The van der Waals surface area contributed by atoms with Crippen LogP contribution < -0.4 is 5.73 Å². The predicted molar refractivity (Wildman–Crippen MR) is 101 cm³/mol. The van der Waals surface area contributed by atoms with Crippen molar-refractivity contribution in [1.29, 1.82) is 5.26 Å². The second-order valence-electron chi connectivity index (χ2n) is 5.34. The molecule has 3 rings (SSSR count). The van der Waals surface area contributed by atoms with E-state index in [9.17, 15) is 15.4 Å². The van der Waals surface area contributed by atoms with E-state index < -0.39 is 4.92 Å². The topological polar surface area (TPSA) is 106 Å². The molecule has 1 heterocycles. The van der Waals surface area contributed by atoms with E-state index in [1.807, 2.05) is 6.07 Å². The van der Waals surface area contributed by atoms with Crippen LogP contribution >= 0.6 is 23.2 Å². The molecule has 3 aromatic rings. The highest BCUT2D eigenvalue weighted by molar-refractivity contribution is 6.43. The fourth-order valence-electron chi connectivity index (χ4n) is 2.53. The summed E-state index contributed by atoms with van der Waals surface area (Å²) >= 11 is 12.4. The molecular formula is C18H10Cl2N4O2. The van der Waals surface area contributed by atoms with E-state index in [-0.39, 0.29) is 22.1 Å². The fraction of sp³-hybridized carbons (Fsp3) is 0. The second-order valence-corrected chi connectivity index (χ2v) is 6.12. The molecule has 0 radical (unpaired) electrons. The summed E-state index contributed by atoms with van der Waals surface area (Å²) in [5.74, 6) is 0.00236. The molecule has 8 heteroatoms. The molecule has 2 aromatic carbocycles. The largest absolute Gasteiger partial charge is 0.383 e. The molecular weight excluding hydrogens is 375 g/mol. The molecule has 0 aliphatic heterocycles. The highest BCUT2D eigenvalue weighted by Crippen LogP contribution is 2.38. The Labute approximate surface area is 158 Å². The van der Waals surface area contributed by atoms with Crippen molar-refractivity contribution in [2.24, 2.45) is 0 Å². The first-order valence-electron chi connectivity index (χ1n) is 7.32. The number of hydrogen-bond donors (Lipinski definition) is 1. The Bertz CT molecular complexity index is 1080. The van der Waals surface area contributed by atoms with Gasteiger partial charge in [-0.1, -0.05) is 47.5 Å². The van der Waals surface area contributed by atoms with Crippen LogP contribution in [-0.2, 0) is 0 Å². The van der Waals surface area contributed by atoms with Crippen molar-refractivity contribution in [3.63, 3.8) is 0 Å². The number of rotatable bonds is 3. The van der Waals surface area contributed by atoms with Gasteiger partial charge < -0.3 is 5.73 Å². The van der Waals surface area contributed by atoms with Crippen LogP contribution in [0, 0.1) is 21.4 Å². The molecule has 0 unspecified atom stereocenters. The van der Waals surface area contributed by atoms with E-state index in [0.29, 0.717) is 27.4 Å². The van der Waals surface area contributed by atoms with Gasteiger partial charge in [-0.2, -0.15) is 5.26 Å². The lowest BCUT2D eigenvalue weighted by Crippen LogP contribution is -2.00. The number of hydrogen-bond acceptors (Lipinski definition) is 5. The third-order valence-corrected chi connectivity index (χ3v) is 4.57. The number of nitriles is 1. The smallest absolute Gasteiger partial charge is 0.270 e. The molecule has 6 nitrogen and oxygen atoms in total. The van der Waals surface area contributed by atoms with Gasteiger partial charge in [0.1, 0.15) is 17.5 Å². The first kappa shape index (κ1) is 17.7. The number of non-ortho nitro benzene ring substituents is 1. The van der Waals surface area contributed by atoms with Crippen molar-refractivity contribution >= 4 is 34.7 Å². The Morgan fingerprint density at radius 2 is 1.85 bits per heavy atom. The standard InChI is InChI=1S/C18H10Cl2N4O2/c19-15-6-2-5-12(17(15)20)13-8-16(23-18(22)14(13)9-21)10-3-1-4-11(7-10)24(25)26/h1-8H,(H2,22,23). The summed E-state index contributed by atoms with van der Waals surface area (Å²) in [6.45, 7) is 0. The number of pyridine rings is 1. The summed E-state index contributed by atoms with van der Waals surface area (Å²) in [6.07, 6.45) is 0. The number of halogens is 2. The first-order chi connectivity index (χ1) is 12.4. The van der Waals surface area contributed by atoms with Gasteiger partial charge in [0.25, 0.3) is 5.69 Å². The van der Waals surface area contributed by atoms with E-state index in [0.717, 1.165) is 0 Å². The summed E-state index contributed by atoms with van der Waals surface area (Å²) < 4.78 is 0. The number of anilines is 1. The lowest BCUT2D eigenvalue weighted by atomic mass is 9.98. The lowest BCUT2D eigenvalue weighted by molar-refractivity contribution is -0.384. The zero-order chi connectivity index (χ0) is 18.8. The summed E-state index contributed by atoms with van der Waals surface area (Å²) in [5, 5.41) is 21.1. The molecule has 0 bridgehead atoms. The molecule has 0 aliphatic rings. The molecule has 26 heavy (non-hydrogen) atoms. The lowest BCUT2D eigenvalue weighted by Gasteiger charge is -2.12. The quantitative estimate of drug-likeness (QED) is 0.500. The average Bonchev–Trinajstić information content (AvgIpc) is 2.63. The Kier molecular flexibility index (Phi) is 4.76. The number of nitro groups is 1. The number of nitrogen functional groups attached to an aromatic ring is 1. The molecule has 0 spiro atoms. The van der Waals surface area contributed by atoms with Crippen LogP contribution in [0.5, 0.6) is 0 Å². The minimum absolute atomic E-state index is 0.00236. The van der Waals surface area contributed by atoms with Gasteiger partial charge in [-0.15, -0.1) is 0 Å². The molecule has 2 N–H and O–H groups in total. The van der Waals surface area contributed by atoms with Crippen LogP contribution in [0.4, 0.5) is 11.5 Å². The summed E-state index contributed by atoms with van der Waals surface area (Å²) in [6, 6.07) is 14.7. The van der Waals surface area contributed by atoms with Crippen LogP contribution in [0.3, 0.4) is 0 Å². The van der Waals surface area contributed by atoms with E-state index in [1.165, 1.54) is 12.1 Å². The number of nitro benzene ring substituents is 1. The van der Waals surface area contributed by atoms with E-state index in [1.54, 1.807) is 36.4 Å². The molecule has 0 atom stereocenters. The van der Waals surface area contributed by atoms with Crippen LogP contribution in [0.1, 0.15) is 5.56 Å². The van der Waals surface area contributed by atoms with Crippen LogP contribution in [-0.4, -0.2) is 9.91 Å². The summed E-state index contributed by atoms with van der Waals surface area (Å²) in [5.41, 5.74) is 7.89. The predicted octanol–water partition coefficient (Wildman–Crippen LogP) is 5.08. The average molecular weight is 385 g/mol. The van der Waals surface area contributed by atoms with Crippen molar-refractivity contribution in [2.75, 3.05) is 5.73 Å². The summed E-state index contributed by atoms with van der Waals surface area (Å²) in [4.78, 5) is 14.7. The van der Waals surface area contributed by atoms with Crippen molar-refractivity contribution in [2.45, 2.75) is 0 Å². The maximum atomic E-state index is 11.0. The first-order valence-corrected chi connectivity index (χ1v) is 8.07. The van der Waals surface area contributed by atoms with Crippen molar-refractivity contribution in [3.05, 3.63) is 74.3 Å². The molecule has 0 fully saturated rings. The Morgan fingerprint density at radius 3 is 2.54 bits per heavy atom. The molecule has 0 amide bonds. The number of aromatic nitrogens is 1. The third-order valence-electron chi connectivity index (χ3n) is 3.75. The molecule has 0 aliphatic carbocycles. The molecule has 128 valence electrons. The van der Waals surface area contributed by atoms with Gasteiger partial charge >= 0.3 is 0 Å². The normalized spacial score (nSPS) is 10.3. The highest BCUT2D eigenvalue weighted by atomic mass is 35.5. The van der Waals surface area contributed by atoms with E-state index in [2.05, 4.69) is 4.98 Å². The fourth-order valence-corrected chi connectivity index (χ4v) is 2.94. The monoisotopic (exact) mass is 384 g/mol. The zero-order valence-corrected chi connectivity index (χ0v) is 14.6.